The molecule has 2 aromatic rings. The summed E-state index contributed by atoms with van der Waals surface area (Å²) in [6.07, 6.45) is -0.519. The number of hydrogen-bond donors (Lipinski definition) is 1. The quantitative estimate of drug-likeness (QED) is 0.898. The van der Waals surface area contributed by atoms with E-state index in [2.05, 4.69) is 32.0 Å². The van der Waals surface area contributed by atoms with Crippen LogP contribution in [0.4, 0.5) is 0 Å². The van der Waals surface area contributed by atoms with Gasteiger partial charge in [0.25, 0.3) is 0 Å². The number of benzene rings is 2. The van der Waals surface area contributed by atoms with E-state index in [0.717, 1.165) is 11.3 Å². The van der Waals surface area contributed by atoms with E-state index in [1.165, 1.54) is 16.7 Å². The maximum atomic E-state index is 9.72. The molecule has 1 atom stereocenters. The number of hydrogen-bond acceptors (Lipinski definition) is 2. The second-order valence-electron chi connectivity index (χ2n) is 4.93. The number of aryl methyl sites for hydroxylation is 2. The summed E-state index contributed by atoms with van der Waals surface area (Å²) >= 11 is 0. The van der Waals surface area contributed by atoms with Crippen molar-refractivity contribution in [2.45, 2.75) is 33.5 Å². The highest BCUT2D eigenvalue weighted by atomic mass is 16.5. The van der Waals surface area contributed by atoms with E-state index in [9.17, 15) is 5.11 Å². The lowest BCUT2D eigenvalue weighted by atomic mass is 10.1. The molecule has 0 aliphatic carbocycles. The van der Waals surface area contributed by atoms with Crippen LogP contribution in [0.1, 0.15) is 35.3 Å². The molecular formula is C17H20O2. The van der Waals surface area contributed by atoms with Crippen molar-refractivity contribution in [2.24, 2.45) is 0 Å². The number of para-hydroxylation sites is 1. The van der Waals surface area contributed by atoms with Crippen LogP contribution in [0.2, 0.25) is 0 Å². The maximum Gasteiger partial charge on any atom is 0.125 e. The molecule has 0 aliphatic rings. The first-order valence-corrected chi connectivity index (χ1v) is 6.54. The van der Waals surface area contributed by atoms with Gasteiger partial charge >= 0.3 is 0 Å². The summed E-state index contributed by atoms with van der Waals surface area (Å²) in [6, 6.07) is 14.0. The Labute approximate surface area is 114 Å². The van der Waals surface area contributed by atoms with Crippen molar-refractivity contribution in [1.82, 2.24) is 0 Å². The number of rotatable bonds is 4. The number of aliphatic hydroxyl groups is 1. The molecule has 0 bridgehead atoms. The minimum atomic E-state index is -0.519. The van der Waals surface area contributed by atoms with Crippen LogP contribution in [0.3, 0.4) is 0 Å². The fourth-order valence-corrected chi connectivity index (χ4v) is 2.07. The Balaban J connectivity index is 2.17. The molecule has 0 spiro atoms. The van der Waals surface area contributed by atoms with E-state index in [4.69, 9.17) is 4.74 Å². The highest BCUT2D eigenvalue weighted by molar-refractivity contribution is 5.36. The van der Waals surface area contributed by atoms with Crippen molar-refractivity contribution in [2.75, 3.05) is 0 Å². The molecule has 0 heterocycles. The smallest absolute Gasteiger partial charge is 0.125 e. The highest BCUT2D eigenvalue weighted by Gasteiger charge is 2.08. The molecule has 0 radical (unpaired) electrons. The maximum absolute atomic E-state index is 9.72. The van der Waals surface area contributed by atoms with E-state index in [0.29, 0.717) is 6.61 Å². The van der Waals surface area contributed by atoms with Crippen molar-refractivity contribution in [3.8, 4) is 5.75 Å². The predicted molar refractivity (Wildman–Crippen MR) is 77.3 cm³/mol. The predicted octanol–water partition coefficient (Wildman–Crippen LogP) is 3.94. The van der Waals surface area contributed by atoms with Crippen LogP contribution in [0.15, 0.2) is 42.5 Å². The lowest BCUT2D eigenvalue weighted by Crippen LogP contribution is -2.02. The second-order valence-corrected chi connectivity index (χ2v) is 4.93. The van der Waals surface area contributed by atoms with Gasteiger partial charge in [0.05, 0.1) is 6.10 Å². The fourth-order valence-electron chi connectivity index (χ4n) is 2.07. The molecule has 2 rings (SSSR count). The SMILES string of the molecule is Cc1ccc(C)c(COc2ccccc2[C@H](C)O)c1. The summed E-state index contributed by atoms with van der Waals surface area (Å²) in [5, 5.41) is 9.72. The van der Waals surface area contributed by atoms with Gasteiger partial charge in [-0.25, -0.2) is 0 Å². The van der Waals surface area contributed by atoms with Crippen LogP contribution in [0.25, 0.3) is 0 Å². The molecule has 0 saturated carbocycles. The number of ether oxygens (including phenoxy) is 1. The topological polar surface area (TPSA) is 29.5 Å². The molecule has 0 saturated heterocycles. The summed E-state index contributed by atoms with van der Waals surface area (Å²) in [4.78, 5) is 0. The van der Waals surface area contributed by atoms with Crippen LogP contribution < -0.4 is 4.74 Å². The molecule has 2 heteroatoms. The minimum Gasteiger partial charge on any atom is -0.489 e. The molecule has 0 unspecified atom stereocenters. The van der Waals surface area contributed by atoms with E-state index < -0.39 is 6.10 Å². The van der Waals surface area contributed by atoms with Gasteiger partial charge in [-0.15, -0.1) is 0 Å². The summed E-state index contributed by atoms with van der Waals surface area (Å²) in [5.74, 6) is 0.749. The normalized spacial score (nSPS) is 12.2. The summed E-state index contributed by atoms with van der Waals surface area (Å²) in [7, 11) is 0. The Hall–Kier alpha value is -1.80. The molecule has 0 aromatic heterocycles. The molecular weight excluding hydrogens is 236 g/mol. The first-order chi connectivity index (χ1) is 9.08. The monoisotopic (exact) mass is 256 g/mol. The third kappa shape index (κ3) is 3.36. The van der Waals surface area contributed by atoms with Gasteiger partial charge in [-0.1, -0.05) is 42.0 Å². The molecule has 19 heavy (non-hydrogen) atoms. The van der Waals surface area contributed by atoms with E-state index in [1.807, 2.05) is 24.3 Å². The van der Waals surface area contributed by atoms with E-state index in [1.54, 1.807) is 6.92 Å². The van der Waals surface area contributed by atoms with Gasteiger partial charge in [-0.3, -0.25) is 0 Å². The third-order valence-corrected chi connectivity index (χ3v) is 3.26. The zero-order valence-corrected chi connectivity index (χ0v) is 11.7. The standard InChI is InChI=1S/C17H20O2/c1-12-8-9-13(2)15(10-12)11-19-17-7-5-4-6-16(17)14(3)18/h4-10,14,18H,11H2,1-3H3/t14-/m0/s1. The Kier molecular flexibility index (Phi) is 4.23. The van der Waals surface area contributed by atoms with Gasteiger partial charge in [0.1, 0.15) is 12.4 Å². The minimum absolute atomic E-state index is 0.519. The molecule has 100 valence electrons. The summed E-state index contributed by atoms with van der Waals surface area (Å²) in [5.41, 5.74) is 4.46. The van der Waals surface area contributed by atoms with Crippen LogP contribution in [-0.2, 0) is 6.61 Å². The zero-order chi connectivity index (χ0) is 13.8. The van der Waals surface area contributed by atoms with Gasteiger partial charge in [0, 0.05) is 5.56 Å². The van der Waals surface area contributed by atoms with Gasteiger partial charge < -0.3 is 9.84 Å². The van der Waals surface area contributed by atoms with Crippen molar-refractivity contribution in [1.29, 1.82) is 0 Å². The Morgan fingerprint density at radius 3 is 2.58 bits per heavy atom. The van der Waals surface area contributed by atoms with Gasteiger partial charge in [-0.05, 0) is 38.0 Å². The van der Waals surface area contributed by atoms with Crippen LogP contribution >= 0.6 is 0 Å². The average Bonchev–Trinajstić information content (AvgIpc) is 2.40. The Bertz CT molecular complexity index is 559. The average molecular weight is 256 g/mol. The van der Waals surface area contributed by atoms with Gasteiger partial charge in [0.15, 0.2) is 0 Å². The lowest BCUT2D eigenvalue weighted by molar-refractivity contribution is 0.190. The van der Waals surface area contributed by atoms with Crippen molar-refractivity contribution in [3.63, 3.8) is 0 Å². The molecule has 0 aliphatic heterocycles. The van der Waals surface area contributed by atoms with Crippen LogP contribution in [0, 0.1) is 13.8 Å². The zero-order valence-electron chi connectivity index (χ0n) is 11.7. The lowest BCUT2D eigenvalue weighted by Gasteiger charge is -2.14. The molecule has 0 amide bonds. The second kappa shape index (κ2) is 5.89. The van der Waals surface area contributed by atoms with E-state index >= 15 is 0 Å². The van der Waals surface area contributed by atoms with Crippen molar-refractivity contribution < 1.29 is 9.84 Å². The third-order valence-electron chi connectivity index (χ3n) is 3.26. The highest BCUT2D eigenvalue weighted by Crippen LogP contribution is 2.25. The van der Waals surface area contributed by atoms with E-state index in [-0.39, 0.29) is 0 Å². The summed E-state index contributed by atoms with van der Waals surface area (Å²) < 4.78 is 5.86. The fraction of sp³-hybridized carbons (Fsp3) is 0.294. The molecule has 1 N–H and O–H groups in total. The molecule has 0 fully saturated rings. The molecule has 2 nitrogen and oxygen atoms in total. The Morgan fingerprint density at radius 1 is 1.11 bits per heavy atom. The van der Waals surface area contributed by atoms with Crippen LogP contribution in [0.5, 0.6) is 5.75 Å². The van der Waals surface area contributed by atoms with Crippen molar-refractivity contribution in [3.05, 3.63) is 64.7 Å². The van der Waals surface area contributed by atoms with Gasteiger partial charge in [0.2, 0.25) is 0 Å². The van der Waals surface area contributed by atoms with Crippen molar-refractivity contribution >= 4 is 0 Å². The van der Waals surface area contributed by atoms with Crippen LogP contribution in [-0.4, -0.2) is 5.11 Å². The number of aliphatic hydroxyl groups excluding tert-OH is 1. The first-order valence-electron chi connectivity index (χ1n) is 6.54. The first kappa shape index (κ1) is 13.6. The Morgan fingerprint density at radius 2 is 1.84 bits per heavy atom. The molecule has 2 aromatic carbocycles. The van der Waals surface area contributed by atoms with Gasteiger partial charge in [-0.2, -0.15) is 0 Å². The summed E-state index contributed by atoms with van der Waals surface area (Å²) in [6.45, 7) is 6.43. The largest absolute Gasteiger partial charge is 0.489 e.